The number of hydrogen-bond donors (Lipinski definition) is 0. The zero-order chi connectivity index (χ0) is 19.9. The third-order valence-electron chi connectivity index (χ3n) is 5.12. The number of anilines is 1. The number of carbonyl (C=O) groups excluding carboxylic acids is 1. The molecule has 0 N–H and O–H groups in total. The lowest BCUT2D eigenvalue weighted by Crippen LogP contribution is -2.37. The van der Waals surface area contributed by atoms with Crippen LogP contribution in [0.5, 0.6) is 0 Å². The van der Waals surface area contributed by atoms with Crippen molar-refractivity contribution in [2.24, 2.45) is 4.99 Å². The number of carbonyl (C=O) groups is 1. The van der Waals surface area contributed by atoms with Crippen molar-refractivity contribution >= 4 is 38.4 Å². The van der Waals surface area contributed by atoms with E-state index < -0.39 is 9.84 Å². The SMILES string of the molecule is CC(C)c1ccc(N2C(=NC(=O)c3ccccc3)S[C@H]3CS(=O)(=O)C[C@@H]32)cc1. The van der Waals surface area contributed by atoms with Crippen molar-refractivity contribution in [1.82, 2.24) is 0 Å². The molecule has 2 heterocycles. The van der Waals surface area contributed by atoms with Crippen molar-refractivity contribution in [3.8, 4) is 0 Å². The van der Waals surface area contributed by atoms with E-state index in [1.54, 1.807) is 24.3 Å². The minimum Gasteiger partial charge on any atom is -0.316 e. The topological polar surface area (TPSA) is 66.8 Å². The standard InChI is InChI=1S/C21H22N2O3S2/c1-14(2)15-8-10-17(11-9-15)23-18-12-28(25,26)13-19(18)27-21(23)22-20(24)16-6-4-3-5-7-16/h3-11,14,18-19H,12-13H2,1-2H3/t18-,19-/m0/s1. The maximum absolute atomic E-state index is 12.6. The second-order valence-electron chi connectivity index (χ2n) is 7.48. The lowest BCUT2D eigenvalue weighted by atomic mass is 10.0. The molecule has 5 nitrogen and oxygen atoms in total. The predicted molar refractivity (Wildman–Crippen MR) is 115 cm³/mol. The molecule has 2 aromatic carbocycles. The number of amidine groups is 1. The van der Waals surface area contributed by atoms with Crippen LogP contribution in [-0.4, -0.2) is 42.3 Å². The normalized spacial score (nSPS) is 24.7. The smallest absolute Gasteiger partial charge is 0.279 e. The number of sulfone groups is 1. The molecule has 0 spiro atoms. The summed E-state index contributed by atoms with van der Waals surface area (Å²) in [6.07, 6.45) is 0. The van der Waals surface area contributed by atoms with Gasteiger partial charge in [0.25, 0.3) is 5.91 Å². The van der Waals surface area contributed by atoms with Gasteiger partial charge in [-0.25, -0.2) is 8.42 Å². The zero-order valence-electron chi connectivity index (χ0n) is 15.8. The average molecular weight is 415 g/mol. The van der Waals surface area contributed by atoms with Crippen LogP contribution in [0.2, 0.25) is 0 Å². The summed E-state index contributed by atoms with van der Waals surface area (Å²) in [4.78, 5) is 18.9. The monoisotopic (exact) mass is 414 g/mol. The van der Waals surface area contributed by atoms with E-state index in [9.17, 15) is 13.2 Å². The number of fused-ring (bicyclic) bond motifs is 1. The van der Waals surface area contributed by atoms with Crippen molar-refractivity contribution in [3.63, 3.8) is 0 Å². The minimum absolute atomic E-state index is 0.0924. The highest BCUT2D eigenvalue weighted by Crippen LogP contribution is 2.41. The molecule has 28 heavy (non-hydrogen) atoms. The summed E-state index contributed by atoms with van der Waals surface area (Å²) in [5.74, 6) is 0.320. The van der Waals surface area contributed by atoms with Gasteiger partial charge in [-0.2, -0.15) is 4.99 Å². The number of aliphatic imine (C=N–C) groups is 1. The van der Waals surface area contributed by atoms with Crippen LogP contribution in [0.25, 0.3) is 0 Å². The van der Waals surface area contributed by atoms with E-state index in [0.717, 1.165) is 5.69 Å². The van der Waals surface area contributed by atoms with Gasteiger partial charge >= 0.3 is 0 Å². The number of benzene rings is 2. The van der Waals surface area contributed by atoms with Gasteiger partial charge in [0.15, 0.2) is 15.0 Å². The molecular weight excluding hydrogens is 392 g/mol. The van der Waals surface area contributed by atoms with E-state index in [2.05, 4.69) is 31.0 Å². The van der Waals surface area contributed by atoms with E-state index in [1.807, 2.05) is 23.1 Å². The Balaban J connectivity index is 1.71. The lowest BCUT2D eigenvalue weighted by molar-refractivity contribution is 0.100. The number of rotatable bonds is 3. The maximum atomic E-state index is 12.6. The van der Waals surface area contributed by atoms with Crippen molar-refractivity contribution < 1.29 is 13.2 Å². The number of thioether (sulfide) groups is 1. The first kappa shape index (κ1) is 19.2. The Labute approximate surface area is 169 Å². The molecule has 4 rings (SSSR count). The molecule has 0 unspecified atom stereocenters. The van der Waals surface area contributed by atoms with Crippen LogP contribution in [0.3, 0.4) is 0 Å². The number of hydrogen-bond acceptors (Lipinski definition) is 4. The van der Waals surface area contributed by atoms with E-state index in [-0.39, 0.29) is 28.7 Å². The van der Waals surface area contributed by atoms with Crippen molar-refractivity contribution in [2.45, 2.75) is 31.1 Å². The van der Waals surface area contributed by atoms with Crippen molar-refractivity contribution in [1.29, 1.82) is 0 Å². The van der Waals surface area contributed by atoms with Crippen molar-refractivity contribution in [2.75, 3.05) is 16.4 Å². The van der Waals surface area contributed by atoms with Gasteiger partial charge < -0.3 is 4.90 Å². The highest BCUT2D eigenvalue weighted by atomic mass is 32.2. The van der Waals surface area contributed by atoms with Gasteiger partial charge in [0, 0.05) is 16.5 Å². The Morgan fingerprint density at radius 3 is 2.39 bits per heavy atom. The molecule has 2 aromatic rings. The molecular formula is C21H22N2O3S2. The van der Waals surface area contributed by atoms with Gasteiger partial charge in [0.1, 0.15) is 0 Å². The Hall–Kier alpha value is -2.12. The maximum Gasteiger partial charge on any atom is 0.279 e. The van der Waals surface area contributed by atoms with Gasteiger partial charge in [0.05, 0.1) is 17.5 Å². The fourth-order valence-corrected chi connectivity index (χ4v) is 7.53. The molecule has 0 radical (unpaired) electrons. The fraction of sp³-hybridized carbons (Fsp3) is 0.333. The summed E-state index contributed by atoms with van der Waals surface area (Å²) in [6, 6.07) is 16.8. The minimum atomic E-state index is -3.07. The molecule has 0 saturated carbocycles. The Morgan fingerprint density at radius 1 is 1.07 bits per heavy atom. The largest absolute Gasteiger partial charge is 0.316 e. The summed E-state index contributed by atoms with van der Waals surface area (Å²) >= 11 is 1.40. The van der Waals surface area contributed by atoms with Gasteiger partial charge in [-0.05, 0) is 35.7 Å². The Bertz CT molecular complexity index is 1020. The lowest BCUT2D eigenvalue weighted by Gasteiger charge is -2.25. The highest BCUT2D eigenvalue weighted by molar-refractivity contribution is 8.16. The molecule has 2 fully saturated rings. The van der Waals surface area contributed by atoms with E-state index >= 15 is 0 Å². The third kappa shape index (κ3) is 3.73. The quantitative estimate of drug-likeness (QED) is 0.766. The average Bonchev–Trinajstić information content (AvgIpc) is 3.13. The van der Waals surface area contributed by atoms with Crippen LogP contribution in [0.4, 0.5) is 5.69 Å². The highest BCUT2D eigenvalue weighted by Gasteiger charge is 2.49. The second kappa shape index (κ2) is 7.37. The number of nitrogens with zero attached hydrogens (tertiary/aromatic N) is 2. The Morgan fingerprint density at radius 2 is 1.75 bits per heavy atom. The van der Waals surface area contributed by atoms with E-state index in [4.69, 9.17) is 0 Å². The third-order valence-corrected chi connectivity index (χ3v) is 8.33. The van der Waals surface area contributed by atoms with Gasteiger partial charge in [-0.1, -0.05) is 55.9 Å². The first-order chi connectivity index (χ1) is 13.3. The summed E-state index contributed by atoms with van der Waals surface area (Å²) in [6.45, 7) is 4.26. The van der Waals surface area contributed by atoms with Crippen LogP contribution < -0.4 is 4.90 Å². The first-order valence-electron chi connectivity index (χ1n) is 9.28. The molecule has 146 valence electrons. The van der Waals surface area contributed by atoms with Crippen LogP contribution in [0, 0.1) is 0 Å². The summed E-state index contributed by atoms with van der Waals surface area (Å²) < 4.78 is 24.3. The van der Waals surface area contributed by atoms with Crippen LogP contribution in [-0.2, 0) is 9.84 Å². The zero-order valence-corrected chi connectivity index (χ0v) is 17.4. The fourth-order valence-electron chi connectivity index (χ4n) is 3.62. The summed E-state index contributed by atoms with van der Waals surface area (Å²) in [5.41, 5.74) is 2.61. The van der Waals surface area contributed by atoms with E-state index in [0.29, 0.717) is 16.6 Å². The van der Waals surface area contributed by atoms with Crippen LogP contribution in [0.15, 0.2) is 59.6 Å². The van der Waals surface area contributed by atoms with Crippen LogP contribution >= 0.6 is 11.8 Å². The van der Waals surface area contributed by atoms with Gasteiger partial charge in [0.2, 0.25) is 0 Å². The molecule has 2 saturated heterocycles. The molecule has 2 atom stereocenters. The van der Waals surface area contributed by atoms with Crippen LogP contribution in [0.1, 0.15) is 35.7 Å². The molecule has 0 aliphatic carbocycles. The van der Waals surface area contributed by atoms with Crippen molar-refractivity contribution in [3.05, 3.63) is 65.7 Å². The molecule has 7 heteroatoms. The molecule has 1 amide bonds. The molecule has 0 bridgehead atoms. The number of amides is 1. The predicted octanol–water partition coefficient (Wildman–Crippen LogP) is 3.73. The first-order valence-corrected chi connectivity index (χ1v) is 12.0. The summed E-state index contributed by atoms with van der Waals surface area (Å²) in [7, 11) is -3.07. The Kier molecular flexibility index (Phi) is 5.05. The molecule has 0 aromatic heterocycles. The summed E-state index contributed by atoms with van der Waals surface area (Å²) in [5, 5.41) is 0.480. The molecule has 2 aliphatic heterocycles. The van der Waals surface area contributed by atoms with E-state index in [1.165, 1.54) is 17.3 Å². The molecule has 2 aliphatic rings. The van der Waals surface area contributed by atoms with Gasteiger partial charge in [-0.15, -0.1) is 0 Å². The second-order valence-corrected chi connectivity index (χ2v) is 10.8. The van der Waals surface area contributed by atoms with Gasteiger partial charge in [-0.3, -0.25) is 4.79 Å².